The highest BCUT2D eigenvalue weighted by Crippen LogP contribution is 2.37. The molecule has 2 nitrogen and oxygen atoms in total. The van der Waals surface area contributed by atoms with Crippen molar-refractivity contribution in [1.82, 2.24) is 0 Å². The van der Waals surface area contributed by atoms with Crippen LogP contribution in [0, 0.1) is 0 Å². The number of aromatic hydroxyl groups is 1. The van der Waals surface area contributed by atoms with Gasteiger partial charge in [-0.2, -0.15) is 0 Å². The van der Waals surface area contributed by atoms with E-state index in [0.29, 0.717) is 6.61 Å². The van der Waals surface area contributed by atoms with Crippen LogP contribution in [0.5, 0.6) is 11.5 Å². The fourth-order valence-corrected chi connectivity index (χ4v) is 3.88. The SMILES string of the molecule is CC/C(=C(\c1ccc(O)cc1)c1ccc(OCCBr)c(Br)c1)c1ccccc1. The minimum absolute atomic E-state index is 0.264. The molecule has 0 fully saturated rings. The number of halogens is 2. The molecule has 144 valence electrons. The molecule has 1 N–H and O–H groups in total. The number of alkyl halides is 1. The summed E-state index contributed by atoms with van der Waals surface area (Å²) in [5, 5.41) is 10.5. The maximum atomic E-state index is 9.74. The molecule has 0 aliphatic carbocycles. The van der Waals surface area contributed by atoms with Gasteiger partial charge >= 0.3 is 0 Å². The van der Waals surface area contributed by atoms with E-state index in [1.165, 1.54) is 11.1 Å². The molecule has 0 radical (unpaired) electrons. The Bertz CT molecular complexity index is 948. The largest absolute Gasteiger partial charge is 0.508 e. The quantitative estimate of drug-likeness (QED) is 0.272. The van der Waals surface area contributed by atoms with E-state index in [9.17, 15) is 5.11 Å². The second kappa shape index (κ2) is 9.94. The van der Waals surface area contributed by atoms with E-state index in [4.69, 9.17) is 4.74 Å². The van der Waals surface area contributed by atoms with Crippen LogP contribution in [0.15, 0.2) is 77.3 Å². The van der Waals surface area contributed by atoms with Crippen molar-refractivity contribution >= 4 is 43.0 Å². The molecular weight excluding hydrogens is 480 g/mol. The monoisotopic (exact) mass is 500 g/mol. The molecule has 4 heteroatoms. The van der Waals surface area contributed by atoms with Crippen molar-refractivity contribution in [2.75, 3.05) is 11.9 Å². The summed E-state index contributed by atoms with van der Waals surface area (Å²) >= 11 is 7.05. The van der Waals surface area contributed by atoms with Crippen LogP contribution in [0.4, 0.5) is 0 Å². The van der Waals surface area contributed by atoms with Crippen molar-refractivity contribution in [2.45, 2.75) is 13.3 Å². The number of allylic oxidation sites excluding steroid dienone is 1. The minimum Gasteiger partial charge on any atom is -0.508 e. The number of phenolic OH excluding ortho intramolecular Hbond substituents is 1. The minimum atomic E-state index is 0.264. The molecule has 28 heavy (non-hydrogen) atoms. The van der Waals surface area contributed by atoms with Gasteiger partial charge in [0.25, 0.3) is 0 Å². The highest BCUT2D eigenvalue weighted by molar-refractivity contribution is 9.10. The van der Waals surface area contributed by atoms with Crippen molar-refractivity contribution < 1.29 is 9.84 Å². The number of hydrogen-bond acceptors (Lipinski definition) is 2. The summed E-state index contributed by atoms with van der Waals surface area (Å²) in [5.41, 5.74) is 5.78. The standard InChI is InChI=1S/C24H22Br2O2/c1-2-21(17-6-4-3-5-7-17)24(18-8-11-20(27)12-9-18)19-10-13-23(22(26)16-19)28-15-14-25/h3-13,16,27H,2,14-15H2,1H3/b24-21-. The molecule has 0 aliphatic heterocycles. The van der Waals surface area contributed by atoms with Gasteiger partial charge in [-0.1, -0.05) is 71.4 Å². The summed E-state index contributed by atoms with van der Waals surface area (Å²) in [6.07, 6.45) is 0.889. The van der Waals surface area contributed by atoms with Gasteiger partial charge < -0.3 is 9.84 Å². The Morgan fingerprint density at radius 3 is 2.18 bits per heavy atom. The number of phenols is 1. The second-order valence-corrected chi connectivity index (χ2v) is 7.95. The normalized spacial score (nSPS) is 11.8. The molecular formula is C24H22Br2O2. The van der Waals surface area contributed by atoms with Gasteiger partial charge in [0, 0.05) is 5.33 Å². The molecule has 0 unspecified atom stereocenters. The lowest BCUT2D eigenvalue weighted by molar-refractivity contribution is 0.343. The number of ether oxygens (including phenoxy) is 1. The molecule has 3 aromatic rings. The first-order valence-electron chi connectivity index (χ1n) is 9.20. The van der Waals surface area contributed by atoms with Crippen molar-refractivity contribution in [3.8, 4) is 11.5 Å². The summed E-state index contributed by atoms with van der Waals surface area (Å²) < 4.78 is 6.69. The van der Waals surface area contributed by atoms with Crippen LogP contribution in [-0.4, -0.2) is 17.0 Å². The third-order valence-corrected chi connectivity index (χ3v) is 5.43. The van der Waals surface area contributed by atoms with Gasteiger partial charge in [0.2, 0.25) is 0 Å². The smallest absolute Gasteiger partial charge is 0.133 e. The number of benzene rings is 3. The zero-order valence-electron chi connectivity index (χ0n) is 15.7. The first kappa shape index (κ1) is 20.7. The Kier molecular flexibility index (Phi) is 7.35. The van der Waals surface area contributed by atoms with E-state index in [2.05, 4.69) is 75.2 Å². The third kappa shape index (κ3) is 4.86. The lowest BCUT2D eigenvalue weighted by Crippen LogP contribution is -1.99. The molecule has 0 heterocycles. The van der Waals surface area contributed by atoms with E-state index < -0.39 is 0 Å². The van der Waals surface area contributed by atoms with Crippen molar-refractivity contribution in [2.24, 2.45) is 0 Å². The topological polar surface area (TPSA) is 29.5 Å². The summed E-state index contributed by atoms with van der Waals surface area (Å²) in [7, 11) is 0. The van der Waals surface area contributed by atoms with E-state index in [0.717, 1.165) is 38.7 Å². The molecule has 3 aromatic carbocycles. The Morgan fingerprint density at radius 1 is 0.893 bits per heavy atom. The molecule has 0 amide bonds. The van der Waals surface area contributed by atoms with Gasteiger partial charge in [-0.05, 0) is 74.5 Å². The number of hydrogen-bond donors (Lipinski definition) is 1. The first-order chi connectivity index (χ1) is 13.6. The van der Waals surface area contributed by atoms with Crippen LogP contribution in [0.1, 0.15) is 30.0 Å². The van der Waals surface area contributed by atoms with E-state index >= 15 is 0 Å². The maximum Gasteiger partial charge on any atom is 0.133 e. The van der Waals surface area contributed by atoms with Gasteiger partial charge in [0.1, 0.15) is 11.5 Å². The molecule has 3 rings (SSSR count). The molecule has 0 saturated carbocycles. The van der Waals surface area contributed by atoms with Crippen LogP contribution in [0.25, 0.3) is 11.1 Å². The zero-order valence-corrected chi connectivity index (χ0v) is 18.8. The third-order valence-electron chi connectivity index (χ3n) is 4.49. The fraction of sp³-hybridized carbons (Fsp3) is 0.167. The van der Waals surface area contributed by atoms with E-state index in [1.54, 1.807) is 12.1 Å². The lowest BCUT2D eigenvalue weighted by Gasteiger charge is -2.17. The second-order valence-electron chi connectivity index (χ2n) is 6.30. The first-order valence-corrected chi connectivity index (χ1v) is 11.1. The van der Waals surface area contributed by atoms with Gasteiger partial charge in [-0.15, -0.1) is 0 Å². The average molecular weight is 502 g/mol. The van der Waals surface area contributed by atoms with Gasteiger partial charge in [-0.3, -0.25) is 0 Å². The van der Waals surface area contributed by atoms with Gasteiger partial charge in [0.15, 0.2) is 0 Å². The Morgan fingerprint density at radius 2 is 1.57 bits per heavy atom. The molecule has 0 bridgehead atoms. The van der Waals surface area contributed by atoms with Crippen LogP contribution in [0.3, 0.4) is 0 Å². The Labute approximate surface area is 183 Å². The summed E-state index contributed by atoms with van der Waals surface area (Å²) in [6.45, 7) is 2.79. The Balaban J connectivity index is 2.18. The lowest BCUT2D eigenvalue weighted by atomic mass is 9.88. The van der Waals surface area contributed by atoms with Gasteiger partial charge in [-0.25, -0.2) is 0 Å². The summed E-state index contributed by atoms with van der Waals surface area (Å²) in [5.74, 6) is 1.09. The van der Waals surface area contributed by atoms with Crippen LogP contribution in [0.2, 0.25) is 0 Å². The predicted molar refractivity (Wildman–Crippen MR) is 124 cm³/mol. The summed E-state index contributed by atoms with van der Waals surface area (Å²) in [4.78, 5) is 0. The average Bonchev–Trinajstić information content (AvgIpc) is 2.72. The van der Waals surface area contributed by atoms with Crippen LogP contribution in [-0.2, 0) is 0 Å². The number of rotatable bonds is 7. The van der Waals surface area contributed by atoms with Crippen LogP contribution >= 0.6 is 31.9 Å². The van der Waals surface area contributed by atoms with Gasteiger partial charge in [0.05, 0.1) is 11.1 Å². The highest BCUT2D eigenvalue weighted by atomic mass is 79.9. The predicted octanol–water partition coefficient (Wildman–Crippen LogP) is 7.30. The zero-order chi connectivity index (χ0) is 19.9. The molecule has 0 atom stereocenters. The molecule has 0 aromatic heterocycles. The van der Waals surface area contributed by atoms with Crippen molar-refractivity contribution in [3.63, 3.8) is 0 Å². The molecule has 0 saturated heterocycles. The van der Waals surface area contributed by atoms with E-state index in [-0.39, 0.29) is 5.75 Å². The van der Waals surface area contributed by atoms with Crippen molar-refractivity contribution in [1.29, 1.82) is 0 Å². The van der Waals surface area contributed by atoms with Crippen molar-refractivity contribution in [3.05, 3.63) is 94.0 Å². The molecule has 0 spiro atoms. The molecule has 0 aliphatic rings. The summed E-state index contributed by atoms with van der Waals surface area (Å²) in [6, 6.07) is 24.0. The fourth-order valence-electron chi connectivity index (χ4n) is 3.23. The Hall–Kier alpha value is -2.04. The van der Waals surface area contributed by atoms with E-state index in [1.807, 2.05) is 24.3 Å². The van der Waals surface area contributed by atoms with Crippen LogP contribution < -0.4 is 4.74 Å². The maximum absolute atomic E-state index is 9.74. The highest BCUT2D eigenvalue weighted by Gasteiger charge is 2.15.